The van der Waals surface area contributed by atoms with E-state index in [1.54, 1.807) is 11.6 Å². The topological polar surface area (TPSA) is 101 Å². The van der Waals surface area contributed by atoms with Crippen LogP contribution in [0.15, 0.2) is 70.3 Å². The third kappa shape index (κ3) is 5.57. The minimum atomic E-state index is -0.715. The molecule has 0 saturated carbocycles. The number of nitrogens with one attached hydrogen (secondary N) is 1. The van der Waals surface area contributed by atoms with Gasteiger partial charge >= 0.3 is 5.69 Å². The molecule has 0 unspecified atom stereocenters. The molecule has 10 heteroatoms. The number of β-amino-alcohol motifs (C(OH)–C–C–N with tert-alkyl or cyclic N) is 1. The maximum Gasteiger partial charge on any atom is 0.332 e. The molecule has 0 radical (unpaired) electrons. The molecule has 3 heterocycles. The van der Waals surface area contributed by atoms with Gasteiger partial charge < -0.3 is 15.0 Å². The molecule has 200 valence electrons. The smallest absolute Gasteiger partial charge is 0.332 e. The summed E-state index contributed by atoms with van der Waals surface area (Å²) < 4.78 is 4.18. The lowest BCUT2D eigenvalue weighted by Gasteiger charge is -2.35. The molecule has 1 aliphatic heterocycles. The zero-order chi connectivity index (χ0) is 26.6. The predicted molar refractivity (Wildman–Crippen MR) is 148 cm³/mol. The molecule has 0 bridgehead atoms. The number of piperazine rings is 1. The summed E-state index contributed by atoms with van der Waals surface area (Å²) in [5.41, 5.74) is 2.11. The SMILES string of the molecule is Cn1c(=O)c2c(nc(NCc3ccccc3)n2C[C@@H](O)CN2CCN(Cc3ccccc3)CC2)n(C)c1=O. The summed E-state index contributed by atoms with van der Waals surface area (Å²) in [6.45, 7) is 5.70. The maximum absolute atomic E-state index is 13.1. The highest BCUT2D eigenvalue weighted by Crippen LogP contribution is 2.18. The fraction of sp³-hybridized carbons (Fsp3) is 0.393. The molecule has 0 aliphatic carbocycles. The van der Waals surface area contributed by atoms with Crippen molar-refractivity contribution < 1.29 is 5.11 Å². The number of aliphatic hydroxyl groups excluding tert-OH is 1. The van der Waals surface area contributed by atoms with Crippen molar-refractivity contribution in [3.05, 3.63) is 92.6 Å². The first-order valence-corrected chi connectivity index (χ1v) is 13.0. The Morgan fingerprint density at radius 3 is 2.11 bits per heavy atom. The second-order valence-electron chi connectivity index (χ2n) is 9.98. The number of fused-ring (bicyclic) bond motifs is 1. The second-order valence-corrected chi connectivity index (χ2v) is 9.98. The quantitative estimate of drug-likeness (QED) is 0.344. The van der Waals surface area contributed by atoms with Gasteiger partial charge in [-0.15, -0.1) is 0 Å². The van der Waals surface area contributed by atoms with Gasteiger partial charge in [0.2, 0.25) is 5.95 Å². The van der Waals surface area contributed by atoms with Gasteiger partial charge in [0.05, 0.1) is 12.6 Å². The largest absolute Gasteiger partial charge is 0.390 e. The molecule has 5 rings (SSSR count). The summed E-state index contributed by atoms with van der Waals surface area (Å²) in [7, 11) is 3.07. The van der Waals surface area contributed by atoms with Crippen LogP contribution >= 0.6 is 0 Å². The Bertz CT molecular complexity index is 1490. The van der Waals surface area contributed by atoms with Crippen LogP contribution in [-0.4, -0.2) is 72.4 Å². The molecule has 1 fully saturated rings. The summed E-state index contributed by atoms with van der Waals surface area (Å²) in [6, 6.07) is 20.3. The van der Waals surface area contributed by atoms with Crippen LogP contribution in [0.3, 0.4) is 0 Å². The van der Waals surface area contributed by atoms with Gasteiger partial charge in [-0.1, -0.05) is 60.7 Å². The molecule has 2 N–H and O–H groups in total. The number of hydrogen-bond donors (Lipinski definition) is 2. The first-order valence-electron chi connectivity index (χ1n) is 13.0. The summed E-state index contributed by atoms with van der Waals surface area (Å²) >= 11 is 0. The number of anilines is 1. The van der Waals surface area contributed by atoms with E-state index in [4.69, 9.17) is 0 Å². The van der Waals surface area contributed by atoms with Gasteiger partial charge in [-0.2, -0.15) is 4.98 Å². The number of aromatic nitrogens is 4. The van der Waals surface area contributed by atoms with Crippen molar-refractivity contribution in [3.63, 3.8) is 0 Å². The van der Waals surface area contributed by atoms with E-state index in [0.29, 0.717) is 30.2 Å². The highest BCUT2D eigenvalue weighted by Gasteiger charge is 2.23. The Balaban J connectivity index is 1.31. The molecular weight excluding hydrogens is 482 g/mol. The van der Waals surface area contributed by atoms with Crippen molar-refractivity contribution in [1.29, 1.82) is 0 Å². The monoisotopic (exact) mass is 517 g/mol. The zero-order valence-corrected chi connectivity index (χ0v) is 22.0. The van der Waals surface area contributed by atoms with Crippen LogP contribution in [0, 0.1) is 0 Å². The zero-order valence-electron chi connectivity index (χ0n) is 22.0. The van der Waals surface area contributed by atoms with Gasteiger partial charge in [-0.25, -0.2) is 4.79 Å². The van der Waals surface area contributed by atoms with E-state index >= 15 is 0 Å². The molecule has 0 amide bonds. The molecule has 1 aliphatic rings. The average Bonchev–Trinajstić information content (AvgIpc) is 3.29. The number of rotatable bonds is 9. The van der Waals surface area contributed by atoms with E-state index in [2.05, 4.69) is 44.4 Å². The van der Waals surface area contributed by atoms with Gasteiger partial charge in [-0.05, 0) is 11.1 Å². The first kappa shape index (κ1) is 25.9. The average molecular weight is 518 g/mol. The predicted octanol–water partition coefficient (Wildman–Crippen LogP) is 1.22. The Morgan fingerprint density at radius 2 is 1.45 bits per heavy atom. The molecule has 2 aromatic carbocycles. The number of hydrogen-bond acceptors (Lipinski definition) is 7. The van der Waals surface area contributed by atoms with Crippen molar-refractivity contribution in [3.8, 4) is 0 Å². The number of benzene rings is 2. The number of imidazole rings is 1. The van der Waals surface area contributed by atoms with Crippen molar-refractivity contribution in [2.75, 3.05) is 38.0 Å². The lowest BCUT2D eigenvalue weighted by atomic mass is 10.2. The molecule has 0 spiro atoms. The second kappa shape index (κ2) is 11.3. The van der Waals surface area contributed by atoms with E-state index in [9.17, 15) is 14.7 Å². The van der Waals surface area contributed by atoms with Crippen LogP contribution in [0.1, 0.15) is 11.1 Å². The Kier molecular flexibility index (Phi) is 7.73. The van der Waals surface area contributed by atoms with E-state index in [1.165, 1.54) is 17.2 Å². The molecule has 38 heavy (non-hydrogen) atoms. The fourth-order valence-corrected chi connectivity index (χ4v) is 5.07. The summed E-state index contributed by atoms with van der Waals surface area (Å²) in [4.78, 5) is 35.0. The summed E-state index contributed by atoms with van der Waals surface area (Å²) in [5.74, 6) is 0.453. The Labute approximate surface area is 221 Å². The number of aliphatic hydroxyl groups is 1. The molecule has 1 saturated heterocycles. The van der Waals surface area contributed by atoms with Gasteiger partial charge in [0, 0.05) is 59.9 Å². The molecular formula is C28H35N7O3. The van der Waals surface area contributed by atoms with Crippen molar-refractivity contribution in [1.82, 2.24) is 28.5 Å². The maximum atomic E-state index is 13.1. The Hall–Kier alpha value is -3.73. The molecule has 10 nitrogen and oxygen atoms in total. The third-order valence-electron chi connectivity index (χ3n) is 7.22. The van der Waals surface area contributed by atoms with Crippen molar-refractivity contribution in [2.24, 2.45) is 14.1 Å². The van der Waals surface area contributed by atoms with Crippen LogP contribution in [0.4, 0.5) is 5.95 Å². The van der Waals surface area contributed by atoms with Gasteiger partial charge in [0.25, 0.3) is 5.56 Å². The highest BCUT2D eigenvalue weighted by molar-refractivity contribution is 5.74. The van der Waals surface area contributed by atoms with Crippen molar-refractivity contribution >= 4 is 17.1 Å². The Morgan fingerprint density at radius 1 is 0.842 bits per heavy atom. The normalized spacial score (nSPS) is 15.7. The van der Waals surface area contributed by atoms with Crippen LogP contribution < -0.4 is 16.6 Å². The van der Waals surface area contributed by atoms with Gasteiger partial charge in [0.15, 0.2) is 11.2 Å². The lowest BCUT2D eigenvalue weighted by molar-refractivity contribution is 0.0630. The van der Waals surface area contributed by atoms with Crippen LogP contribution in [0.5, 0.6) is 0 Å². The third-order valence-corrected chi connectivity index (χ3v) is 7.22. The number of aryl methyl sites for hydroxylation is 1. The lowest BCUT2D eigenvalue weighted by Crippen LogP contribution is -2.48. The molecule has 2 aromatic heterocycles. The fourth-order valence-electron chi connectivity index (χ4n) is 5.07. The first-order chi connectivity index (χ1) is 18.4. The highest BCUT2D eigenvalue weighted by atomic mass is 16.3. The standard InChI is InChI=1S/C28H35N7O3/c1-31-25-24(26(37)32(2)28(31)38)35(27(30-25)29-17-21-9-5-3-6-10-21)20-23(36)19-34-15-13-33(14-16-34)18-22-11-7-4-8-12-22/h3-12,23,36H,13-20H2,1-2H3,(H,29,30)/t23-/m0/s1. The van der Waals surface area contributed by atoms with E-state index < -0.39 is 17.4 Å². The van der Waals surface area contributed by atoms with Gasteiger partial charge in [0.1, 0.15) is 0 Å². The van der Waals surface area contributed by atoms with Crippen molar-refractivity contribution in [2.45, 2.75) is 25.7 Å². The minimum Gasteiger partial charge on any atom is -0.390 e. The summed E-state index contributed by atoms with van der Waals surface area (Å²) in [6.07, 6.45) is -0.715. The summed E-state index contributed by atoms with van der Waals surface area (Å²) in [5, 5.41) is 14.4. The number of nitrogens with zero attached hydrogens (tertiary/aromatic N) is 6. The van der Waals surface area contributed by atoms with Crippen LogP contribution in [0.2, 0.25) is 0 Å². The van der Waals surface area contributed by atoms with Crippen LogP contribution in [-0.2, 0) is 33.7 Å². The van der Waals surface area contributed by atoms with E-state index in [1.807, 2.05) is 36.4 Å². The van der Waals surface area contributed by atoms with E-state index in [0.717, 1.165) is 42.9 Å². The molecule has 1 atom stereocenters. The van der Waals surface area contributed by atoms with Gasteiger partial charge in [-0.3, -0.25) is 23.7 Å². The van der Waals surface area contributed by atoms with Crippen LogP contribution in [0.25, 0.3) is 11.2 Å². The molecule has 4 aromatic rings. The minimum absolute atomic E-state index is 0.186. The van der Waals surface area contributed by atoms with E-state index in [-0.39, 0.29) is 6.54 Å².